The summed E-state index contributed by atoms with van der Waals surface area (Å²) in [4.78, 5) is 29.3. The standard InChI is InChI=1S/C31H36FN3O4S/c1-40(38,39)35(28-20-12-11-19-27(28)32)23-30(36)34(22-25-15-7-3-8-16-25)29(21-24-13-5-2-6-14-24)31(37)33-26-17-9-4-10-18-26/h2-3,5-8,11-16,19-20,26,29H,4,9-10,17-18,21-23H2,1H3,(H,33,37)/t29-/m1/s1. The fraction of sp³-hybridized carbons (Fsp3) is 0.355. The first-order valence-electron chi connectivity index (χ1n) is 13.6. The van der Waals surface area contributed by atoms with Crippen molar-refractivity contribution in [2.75, 3.05) is 17.1 Å². The van der Waals surface area contributed by atoms with Gasteiger partial charge in [0.1, 0.15) is 18.4 Å². The van der Waals surface area contributed by atoms with Gasteiger partial charge in [-0.3, -0.25) is 13.9 Å². The third-order valence-corrected chi connectivity index (χ3v) is 8.35. The monoisotopic (exact) mass is 565 g/mol. The average molecular weight is 566 g/mol. The average Bonchev–Trinajstić information content (AvgIpc) is 2.95. The lowest BCUT2D eigenvalue weighted by Crippen LogP contribution is -2.55. The van der Waals surface area contributed by atoms with Crippen LogP contribution in [-0.4, -0.2) is 50.0 Å². The summed E-state index contributed by atoms with van der Waals surface area (Å²) >= 11 is 0. The Hall–Kier alpha value is -3.72. The Kier molecular flexibility index (Phi) is 9.93. The van der Waals surface area contributed by atoms with Gasteiger partial charge in [-0.1, -0.05) is 92.1 Å². The minimum absolute atomic E-state index is 0.0270. The van der Waals surface area contributed by atoms with Crippen LogP contribution in [0.1, 0.15) is 43.2 Å². The van der Waals surface area contributed by atoms with Gasteiger partial charge in [-0.05, 0) is 36.1 Å². The van der Waals surface area contributed by atoms with Crippen molar-refractivity contribution in [3.8, 4) is 0 Å². The Morgan fingerprint density at radius 2 is 1.45 bits per heavy atom. The topological polar surface area (TPSA) is 86.8 Å². The smallest absolute Gasteiger partial charge is 0.244 e. The minimum Gasteiger partial charge on any atom is -0.352 e. The van der Waals surface area contributed by atoms with Gasteiger partial charge in [0.25, 0.3) is 0 Å². The van der Waals surface area contributed by atoms with E-state index in [1.807, 2.05) is 60.7 Å². The molecular weight excluding hydrogens is 529 g/mol. The lowest BCUT2D eigenvalue weighted by Gasteiger charge is -2.35. The number of benzene rings is 3. The van der Waals surface area contributed by atoms with Crippen LogP contribution >= 0.6 is 0 Å². The molecule has 3 aromatic carbocycles. The van der Waals surface area contributed by atoms with Crippen LogP contribution in [-0.2, 0) is 32.6 Å². The van der Waals surface area contributed by atoms with Gasteiger partial charge < -0.3 is 10.2 Å². The Morgan fingerprint density at radius 3 is 2.05 bits per heavy atom. The number of carbonyl (C=O) groups excluding carboxylic acids is 2. The Labute approximate surface area is 236 Å². The molecule has 2 amide bonds. The van der Waals surface area contributed by atoms with Crippen LogP contribution in [0.2, 0.25) is 0 Å². The first-order valence-corrected chi connectivity index (χ1v) is 15.5. The van der Waals surface area contributed by atoms with E-state index in [0.717, 1.165) is 59.9 Å². The molecule has 0 unspecified atom stereocenters. The summed E-state index contributed by atoms with van der Waals surface area (Å²) in [5.41, 5.74) is 1.44. The van der Waals surface area contributed by atoms with Gasteiger partial charge in [0.15, 0.2) is 0 Å². The second-order valence-electron chi connectivity index (χ2n) is 10.3. The summed E-state index contributed by atoms with van der Waals surface area (Å²) in [6.07, 6.45) is 6.15. The number of nitrogens with zero attached hydrogens (tertiary/aromatic N) is 2. The van der Waals surface area contributed by atoms with Crippen molar-refractivity contribution >= 4 is 27.5 Å². The van der Waals surface area contributed by atoms with Gasteiger partial charge in [-0.2, -0.15) is 0 Å². The zero-order chi connectivity index (χ0) is 28.5. The van der Waals surface area contributed by atoms with Gasteiger partial charge in [-0.15, -0.1) is 0 Å². The van der Waals surface area contributed by atoms with Crippen LogP contribution in [0.25, 0.3) is 0 Å². The molecule has 0 bridgehead atoms. The van der Waals surface area contributed by atoms with Crippen LogP contribution in [0.5, 0.6) is 0 Å². The fourth-order valence-electron chi connectivity index (χ4n) is 5.13. The molecule has 1 N–H and O–H groups in total. The van der Waals surface area contributed by atoms with Crippen molar-refractivity contribution in [3.05, 3.63) is 102 Å². The molecule has 3 aromatic rings. The van der Waals surface area contributed by atoms with E-state index in [4.69, 9.17) is 0 Å². The van der Waals surface area contributed by atoms with Crippen LogP contribution in [0.3, 0.4) is 0 Å². The van der Waals surface area contributed by atoms with Crippen molar-refractivity contribution in [2.24, 2.45) is 0 Å². The first kappa shape index (κ1) is 29.3. The van der Waals surface area contributed by atoms with Crippen molar-refractivity contribution in [1.29, 1.82) is 0 Å². The zero-order valence-electron chi connectivity index (χ0n) is 22.7. The van der Waals surface area contributed by atoms with E-state index in [0.29, 0.717) is 0 Å². The van der Waals surface area contributed by atoms with E-state index in [9.17, 15) is 22.4 Å². The number of rotatable bonds is 11. The van der Waals surface area contributed by atoms with Crippen molar-refractivity contribution in [2.45, 2.75) is 57.2 Å². The second-order valence-corrected chi connectivity index (χ2v) is 12.2. The lowest BCUT2D eigenvalue weighted by atomic mass is 9.94. The van der Waals surface area contributed by atoms with E-state index in [1.165, 1.54) is 23.1 Å². The van der Waals surface area contributed by atoms with E-state index in [-0.39, 0.29) is 30.6 Å². The number of para-hydroxylation sites is 1. The van der Waals surface area contributed by atoms with Crippen LogP contribution in [0.15, 0.2) is 84.9 Å². The summed E-state index contributed by atoms with van der Waals surface area (Å²) in [6.45, 7) is -0.557. The summed E-state index contributed by atoms with van der Waals surface area (Å²) in [5.74, 6) is -1.64. The Morgan fingerprint density at radius 1 is 0.875 bits per heavy atom. The number of hydrogen-bond acceptors (Lipinski definition) is 4. The molecule has 1 saturated carbocycles. The SMILES string of the molecule is CS(=O)(=O)N(CC(=O)N(Cc1ccccc1)[C@H](Cc1ccccc1)C(=O)NC1CCCCC1)c1ccccc1F. The minimum atomic E-state index is -4.02. The van der Waals surface area contributed by atoms with E-state index < -0.39 is 34.3 Å². The third kappa shape index (κ3) is 7.91. The maximum Gasteiger partial charge on any atom is 0.244 e. The molecule has 1 aliphatic rings. The fourth-order valence-corrected chi connectivity index (χ4v) is 5.98. The van der Waals surface area contributed by atoms with Gasteiger partial charge in [0.2, 0.25) is 21.8 Å². The van der Waals surface area contributed by atoms with Gasteiger partial charge in [-0.25, -0.2) is 12.8 Å². The lowest BCUT2D eigenvalue weighted by molar-refractivity contribution is -0.140. The van der Waals surface area contributed by atoms with Crippen molar-refractivity contribution < 1.29 is 22.4 Å². The van der Waals surface area contributed by atoms with E-state index in [1.54, 1.807) is 0 Å². The molecule has 0 saturated heterocycles. The normalized spacial score (nSPS) is 14.8. The molecule has 0 heterocycles. The van der Waals surface area contributed by atoms with Gasteiger partial charge in [0.05, 0.1) is 11.9 Å². The Balaban J connectivity index is 1.71. The molecule has 0 aliphatic heterocycles. The predicted octanol–water partition coefficient (Wildman–Crippen LogP) is 4.68. The molecule has 1 fully saturated rings. The molecule has 0 spiro atoms. The van der Waals surface area contributed by atoms with Crippen LogP contribution in [0, 0.1) is 5.82 Å². The number of sulfonamides is 1. The van der Waals surface area contributed by atoms with Gasteiger partial charge >= 0.3 is 0 Å². The number of hydrogen-bond donors (Lipinski definition) is 1. The molecular formula is C31H36FN3O4S. The highest BCUT2D eigenvalue weighted by molar-refractivity contribution is 7.92. The number of nitrogens with one attached hydrogen (secondary N) is 1. The molecule has 0 aromatic heterocycles. The highest BCUT2D eigenvalue weighted by Crippen LogP contribution is 2.24. The third-order valence-electron chi connectivity index (χ3n) is 7.22. The molecule has 40 heavy (non-hydrogen) atoms. The maximum atomic E-state index is 14.7. The van der Waals surface area contributed by atoms with Crippen molar-refractivity contribution in [3.63, 3.8) is 0 Å². The number of carbonyl (C=O) groups is 2. The maximum absolute atomic E-state index is 14.7. The first-order chi connectivity index (χ1) is 19.2. The zero-order valence-corrected chi connectivity index (χ0v) is 23.5. The largest absolute Gasteiger partial charge is 0.352 e. The number of anilines is 1. The quantitative estimate of drug-likeness (QED) is 0.366. The summed E-state index contributed by atoms with van der Waals surface area (Å²) in [7, 11) is -4.02. The molecule has 1 atom stereocenters. The van der Waals surface area contributed by atoms with E-state index in [2.05, 4.69) is 5.32 Å². The van der Waals surface area contributed by atoms with E-state index >= 15 is 0 Å². The molecule has 212 valence electrons. The highest BCUT2D eigenvalue weighted by atomic mass is 32.2. The summed E-state index contributed by atoms with van der Waals surface area (Å²) < 4.78 is 41.0. The van der Waals surface area contributed by atoms with Gasteiger partial charge in [0, 0.05) is 19.0 Å². The number of amides is 2. The summed E-state index contributed by atoms with van der Waals surface area (Å²) in [5, 5.41) is 3.16. The van der Waals surface area contributed by atoms with Crippen LogP contribution in [0.4, 0.5) is 10.1 Å². The molecule has 9 heteroatoms. The highest BCUT2D eigenvalue weighted by Gasteiger charge is 2.34. The predicted molar refractivity (Wildman–Crippen MR) is 155 cm³/mol. The molecule has 0 radical (unpaired) electrons. The van der Waals surface area contributed by atoms with Crippen LogP contribution < -0.4 is 9.62 Å². The molecule has 4 rings (SSSR count). The number of halogens is 1. The van der Waals surface area contributed by atoms with Crippen molar-refractivity contribution in [1.82, 2.24) is 10.2 Å². The Bertz CT molecular complexity index is 1380. The summed E-state index contributed by atoms with van der Waals surface area (Å²) in [6, 6.07) is 23.2. The molecule has 1 aliphatic carbocycles. The molecule has 7 nitrogen and oxygen atoms in total. The second kappa shape index (κ2) is 13.6.